The average molecular weight is 194 g/mol. The minimum Gasteiger partial charge on any atom is -0.453 e. The number of halogens is 1. The number of carbonyl (C=O) groups is 2. The normalized spacial score (nSPS) is 9.25. The van der Waals surface area contributed by atoms with Crippen LogP contribution in [0.4, 0.5) is 4.79 Å². The van der Waals surface area contributed by atoms with Gasteiger partial charge in [0.1, 0.15) is 0 Å². The van der Waals surface area contributed by atoms with Crippen molar-refractivity contribution in [2.24, 2.45) is 0 Å². The molecule has 0 aliphatic heterocycles. The van der Waals surface area contributed by atoms with Crippen LogP contribution in [0, 0.1) is 0 Å². The monoisotopic (exact) mass is 193 g/mol. The van der Waals surface area contributed by atoms with Crippen LogP contribution in [0.15, 0.2) is 0 Å². The number of rotatable bonds is 4. The molecule has 0 aromatic carbocycles. The molecule has 1 amide bonds. The van der Waals surface area contributed by atoms with E-state index in [-0.39, 0.29) is 18.2 Å². The molecule has 70 valence electrons. The summed E-state index contributed by atoms with van der Waals surface area (Å²) in [6.45, 7) is 2.22. The lowest BCUT2D eigenvalue weighted by Gasteiger charge is -2.17. The van der Waals surface area contributed by atoms with Crippen molar-refractivity contribution in [3.05, 3.63) is 0 Å². The minimum atomic E-state index is -0.504. The molecule has 0 unspecified atom stereocenters. The van der Waals surface area contributed by atoms with Gasteiger partial charge in [0.15, 0.2) is 5.78 Å². The standard InChI is InChI=1S/C7H12ClNO3/c1-3-9(7(11)12-2)5-6(10)4-8/h3-5H2,1-2H3. The van der Waals surface area contributed by atoms with E-state index in [1.54, 1.807) is 6.92 Å². The fourth-order valence-electron chi connectivity index (χ4n) is 0.690. The largest absolute Gasteiger partial charge is 0.453 e. The lowest BCUT2D eigenvalue weighted by Crippen LogP contribution is -2.35. The van der Waals surface area contributed by atoms with Crippen LogP contribution in [-0.2, 0) is 9.53 Å². The number of hydrogen-bond donors (Lipinski definition) is 0. The van der Waals surface area contributed by atoms with E-state index in [0.717, 1.165) is 0 Å². The zero-order valence-corrected chi connectivity index (χ0v) is 7.93. The van der Waals surface area contributed by atoms with Crippen LogP contribution in [0.1, 0.15) is 6.92 Å². The van der Waals surface area contributed by atoms with E-state index >= 15 is 0 Å². The zero-order chi connectivity index (χ0) is 9.56. The second kappa shape index (κ2) is 5.83. The van der Waals surface area contributed by atoms with E-state index in [9.17, 15) is 9.59 Å². The summed E-state index contributed by atoms with van der Waals surface area (Å²) in [6, 6.07) is 0. The third-order valence-electron chi connectivity index (χ3n) is 1.33. The predicted molar refractivity (Wildman–Crippen MR) is 45.4 cm³/mol. The van der Waals surface area contributed by atoms with Crippen LogP contribution in [0.5, 0.6) is 0 Å². The SMILES string of the molecule is CCN(CC(=O)CCl)C(=O)OC. The number of likely N-dealkylation sites (N-methyl/N-ethyl adjacent to an activating group) is 1. The fourth-order valence-corrected chi connectivity index (χ4v) is 0.774. The molecule has 0 N–H and O–H groups in total. The van der Waals surface area contributed by atoms with Crippen molar-refractivity contribution in [1.29, 1.82) is 0 Å². The molecule has 5 heteroatoms. The van der Waals surface area contributed by atoms with Gasteiger partial charge in [-0.15, -0.1) is 11.6 Å². The Morgan fingerprint density at radius 1 is 1.50 bits per heavy atom. The Balaban J connectivity index is 3.99. The highest BCUT2D eigenvalue weighted by molar-refractivity contribution is 6.28. The number of alkyl halides is 1. The third-order valence-corrected chi connectivity index (χ3v) is 1.63. The van der Waals surface area contributed by atoms with Gasteiger partial charge in [0.25, 0.3) is 0 Å². The smallest absolute Gasteiger partial charge is 0.409 e. The number of carbonyl (C=O) groups excluding carboxylic acids is 2. The number of nitrogens with zero attached hydrogens (tertiary/aromatic N) is 1. The van der Waals surface area contributed by atoms with Crippen LogP contribution in [0.3, 0.4) is 0 Å². The van der Waals surface area contributed by atoms with Gasteiger partial charge < -0.3 is 9.64 Å². The summed E-state index contributed by atoms with van der Waals surface area (Å²) in [5.41, 5.74) is 0. The van der Waals surface area contributed by atoms with Crippen molar-refractivity contribution in [2.45, 2.75) is 6.92 Å². The van der Waals surface area contributed by atoms with E-state index in [2.05, 4.69) is 4.74 Å². The molecule has 0 saturated heterocycles. The molecular weight excluding hydrogens is 182 g/mol. The van der Waals surface area contributed by atoms with Gasteiger partial charge in [0.05, 0.1) is 19.5 Å². The van der Waals surface area contributed by atoms with Crippen LogP contribution >= 0.6 is 11.6 Å². The van der Waals surface area contributed by atoms with Gasteiger partial charge in [-0.2, -0.15) is 0 Å². The Morgan fingerprint density at radius 3 is 2.42 bits per heavy atom. The first kappa shape index (κ1) is 11.2. The maximum Gasteiger partial charge on any atom is 0.409 e. The highest BCUT2D eigenvalue weighted by atomic mass is 35.5. The molecule has 0 aromatic heterocycles. The molecule has 0 saturated carbocycles. The van der Waals surface area contributed by atoms with Gasteiger partial charge >= 0.3 is 6.09 Å². The van der Waals surface area contributed by atoms with Gasteiger partial charge in [-0.3, -0.25) is 4.79 Å². The number of ether oxygens (including phenoxy) is 1. The summed E-state index contributed by atoms with van der Waals surface area (Å²) in [6.07, 6.45) is -0.504. The molecule has 0 radical (unpaired) electrons. The lowest BCUT2D eigenvalue weighted by molar-refractivity contribution is -0.117. The number of hydrogen-bond acceptors (Lipinski definition) is 3. The third kappa shape index (κ3) is 3.57. The highest BCUT2D eigenvalue weighted by Crippen LogP contribution is 1.93. The molecule has 12 heavy (non-hydrogen) atoms. The topological polar surface area (TPSA) is 46.6 Å². The quantitative estimate of drug-likeness (QED) is 0.623. The highest BCUT2D eigenvalue weighted by Gasteiger charge is 2.14. The zero-order valence-electron chi connectivity index (χ0n) is 7.17. The van der Waals surface area contributed by atoms with E-state index < -0.39 is 6.09 Å². The molecule has 0 fully saturated rings. The number of ketones is 1. The molecule has 0 rings (SSSR count). The number of amides is 1. The Morgan fingerprint density at radius 2 is 2.08 bits per heavy atom. The molecule has 0 aliphatic rings. The molecule has 0 bridgehead atoms. The van der Waals surface area contributed by atoms with Crippen molar-refractivity contribution in [3.8, 4) is 0 Å². The van der Waals surface area contributed by atoms with Crippen LogP contribution < -0.4 is 0 Å². The summed E-state index contributed by atoms with van der Waals surface area (Å²) < 4.78 is 4.44. The van der Waals surface area contributed by atoms with Crippen molar-refractivity contribution in [1.82, 2.24) is 4.90 Å². The molecule has 0 heterocycles. The van der Waals surface area contributed by atoms with Crippen LogP contribution in [-0.4, -0.2) is 42.9 Å². The van der Waals surface area contributed by atoms with Gasteiger partial charge in [-0.1, -0.05) is 0 Å². The van der Waals surface area contributed by atoms with Crippen molar-refractivity contribution in [2.75, 3.05) is 26.1 Å². The van der Waals surface area contributed by atoms with Crippen molar-refractivity contribution in [3.63, 3.8) is 0 Å². The molecule has 0 spiro atoms. The van der Waals surface area contributed by atoms with Crippen molar-refractivity contribution >= 4 is 23.5 Å². The Hall–Kier alpha value is -0.770. The molecule has 0 aliphatic carbocycles. The maximum absolute atomic E-state index is 10.9. The second-order valence-electron chi connectivity index (χ2n) is 2.16. The Labute approximate surface area is 76.4 Å². The lowest BCUT2D eigenvalue weighted by atomic mass is 10.4. The fraction of sp³-hybridized carbons (Fsp3) is 0.714. The van der Waals surface area contributed by atoms with Gasteiger partial charge in [-0.25, -0.2) is 4.79 Å². The van der Waals surface area contributed by atoms with E-state index in [1.165, 1.54) is 12.0 Å². The molecule has 0 aromatic rings. The first-order valence-electron chi connectivity index (χ1n) is 3.56. The van der Waals surface area contributed by atoms with Crippen molar-refractivity contribution < 1.29 is 14.3 Å². The Kier molecular flexibility index (Phi) is 5.45. The molecule has 0 atom stereocenters. The molecular formula is C7H12ClNO3. The van der Waals surface area contributed by atoms with Gasteiger partial charge in [0.2, 0.25) is 0 Å². The molecule has 4 nitrogen and oxygen atoms in total. The summed E-state index contributed by atoms with van der Waals surface area (Å²) in [4.78, 5) is 23.0. The summed E-state index contributed by atoms with van der Waals surface area (Å²) in [5, 5.41) is 0. The van der Waals surface area contributed by atoms with E-state index in [1.807, 2.05) is 0 Å². The second-order valence-corrected chi connectivity index (χ2v) is 2.42. The average Bonchev–Trinajstić information content (AvgIpc) is 2.12. The Bertz CT molecular complexity index is 172. The summed E-state index contributed by atoms with van der Waals surface area (Å²) >= 11 is 5.27. The first-order valence-corrected chi connectivity index (χ1v) is 4.09. The van der Waals surface area contributed by atoms with Crippen LogP contribution in [0.25, 0.3) is 0 Å². The summed E-state index contributed by atoms with van der Waals surface area (Å²) in [7, 11) is 1.27. The predicted octanol–water partition coefficient (Wildman–Crippen LogP) is 0.883. The number of Topliss-reactive ketones (excluding diaryl/α,β-unsaturated/α-hetero) is 1. The van der Waals surface area contributed by atoms with Gasteiger partial charge in [0, 0.05) is 6.54 Å². The maximum atomic E-state index is 10.9. The minimum absolute atomic E-state index is 0.0205. The number of methoxy groups -OCH3 is 1. The van der Waals surface area contributed by atoms with E-state index in [4.69, 9.17) is 11.6 Å². The summed E-state index contributed by atoms with van der Waals surface area (Å²) in [5.74, 6) is -0.267. The van der Waals surface area contributed by atoms with Crippen LogP contribution in [0.2, 0.25) is 0 Å². The van der Waals surface area contributed by atoms with E-state index in [0.29, 0.717) is 6.54 Å². The van der Waals surface area contributed by atoms with Gasteiger partial charge in [-0.05, 0) is 6.92 Å². The first-order chi connectivity index (χ1) is 5.65.